The molecule has 10 atom stereocenters. The number of nitrogens with one attached hydrogen (secondary N) is 1. The van der Waals surface area contributed by atoms with E-state index >= 15 is 0 Å². The molecule has 0 radical (unpaired) electrons. The van der Waals surface area contributed by atoms with E-state index in [1.165, 1.54) is 49.3 Å². The lowest BCUT2D eigenvalue weighted by atomic mass is 9.88. The Morgan fingerprint density at radius 2 is 0.897 bits per heavy atom. The molecule has 5 aliphatic carbocycles. The minimum Gasteiger partial charge on any atom is -0.477 e. The summed E-state index contributed by atoms with van der Waals surface area (Å²) in [7, 11) is 10.7. The maximum Gasteiger partial charge on any atom is 0.412 e. The standard InChI is InChI=1S/C15H22N2O4.C12H15NO4.C11H13NO4.C10H14N2O2.C7H6O4.C5H11NO.ClH/c1-15(2,3)21-14(19)16-10-6-5-9-17(13(10)18)11-7-8-12(11)20-4;1-16-10-6-5-9(10)13-7-3-4-8(11(13)14)12(15)17-2;1-16-9-5-4-8(9)12-6-2-3-7(10(12)13)11(14)15;1-14-9-5-4-8(9)12-6-2-3-7(11)10(12)13;1-10-6(8)5-3-2-4-11-7(5)9;1-7-5-3-2-4(5)6;/h5-6,9,11-12H,7-8H2,1-4H3,(H,16,19);3-4,7,9-10H,5-6H2,1-2H3;2-3,6,8-9H,4-5H2,1H3,(H,14,15);2-3,6,8-9H,4-5,11H2,1H3;2-4H,1H3;4-5H,2-3,6H2,1H3;1H/t11?,12-;9?,10-;2*8?,9-;;4-,5-;/m0000.0./s1. The number of nitrogens with zero attached hydrogens (tertiary/aromatic N) is 4. The number of aromatic carboxylic acids is 1. The van der Waals surface area contributed by atoms with E-state index in [0.717, 1.165) is 64.2 Å². The van der Waals surface area contributed by atoms with Gasteiger partial charge in [-0.25, -0.2) is 24.0 Å². The van der Waals surface area contributed by atoms with Gasteiger partial charge in [-0.3, -0.25) is 24.5 Å². The molecule has 1 amide bonds. The summed E-state index contributed by atoms with van der Waals surface area (Å²) in [5.41, 5.74) is 8.95. The van der Waals surface area contributed by atoms with Crippen LogP contribution < -0.4 is 44.6 Å². The largest absolute Gasteiger partial charge is 0.477 e. The Bertz CT molecular complexity index is 3360. The summed E-state index contributed by atoms with van der Waals surface area (Å²) in [5, 5.41) is 11.3. The Kier molecular flexibility index (Phi) is 28.0. The van der Waals surface area contributed by atoms with Gasteiger partial charge in [0.1, 0.15) is 28.0 Å². The number of pyridine rings is 4. The lowest BCUT2D eigenvalue weighted by molar-refractivity contribution is -0.0106. The van der Waals surface area contributed by atoms with Gasteiger partial charge in [-0.15, -0.1) is 12.4 Å². The van der Waals surface area contributed by atoms with Crippen LogP contribution in [0, 0.1) is 0 Å². The Morgan fingerprint density at radius 1 is 0.517 bits per heavy atom. The zero-order valence-corrected chi connectivity index (χ0v) is 51.5. The molecule has 5 aromatic rings. The Labute approximate surface area is 508 Å². The highest BCUT2D eigenvalue weighted by atomic mass is 35.5. The Morgan fingerprint density at radius 3 is 1.25 bits per heavy atom. The molecule has 0 aromatic carbocycles. The monoisotopic (exact) mass is 1240 g/mol. The fourth-order valence-electron chi connectivity index (χ4n) is 9.64. The van der Waals surface area contributed by atoms with Gasteiger partial charge in [0.2, 0.25) is 0 Å². The Hall–Kier alpha value is -7.72. The average molecular weight is 1240 g/mol. The minimum atomic E-state index is -1.19. The van der Waals surface area contributed by atoms with Crippen LogP contribution in [0.15, 0.2) is 120 Å². The first-order chi connectivity index (χ1) is 41.0. The zero-order chi connectivity index (χ0) is 63.4. The maximum atomic E-state index is 12.4. The molecule has 26 nitrogen and oxygen atoms in total. The van der Waals surface area contributed by atoms with Crippen molar-refractivity contribution in [2.45, 2.75) is 151 Å². The summed E-state index contributed by atoms with van der Waals surface area (Å²) in [6.07, 6.45) is 17.7. The van der Waals surface area contributed by atoms with Gasteiger partial charge in [-0.1, -0.05) is 0 Å². The van der Waals surface area contributed by atoms with Crippen molar-refractivity contribution in [1.82, 2.24) is 18.3 Å². The fraction of sp³-hybridized carbons (Fsp3) is 0.517. The summed E-state index contributed by atoms with van der Waals surface area (Å²) >= 11 is 0. The third-order valence-electron chi connectivity index (χ3n) is 15.2. The first-order valence-corrected chi connectivity index (χ1v) is 28.0. The molecular weight excluding hydrogens is 1160 g/mol. The number of anilines is 2. The van der Waals surface area contributed by atoms with Crippen LogP contribution >= 0.6 is 12.4 Å². The van der Waals surface area contributed by atoms with E-state index in [-0.39, 0.29) is 100 Å². The number of methoxy groups -OCH3 is 7. The summed E-state index contributed by atoms with van der Waals surface area (Å²) in [4.78, 5) is 103. The van der Waals surface area contributed by atoms with Crippen LogP contribution in [0.3, 0.4) is 0 Å². The maximum absolute atomic E-state index is 12.4. The van der Waals surface area contributed by atoms with Gasteiger partial charge >= 0.3 is 29.6 Å². The van der Waals surface area contributed by atoms with E-state index in [1.807, 2.05) is 0 Å². The van der Waals surface area contributed by atoms with Crippen LogP contribution in [0.1, 0.15) is 140 Å². The van der Waals surface area contributed by atoms with E-state index in [9.17, 15) is 43.2 Å². The second-order valence-electron chi connectivity index (χ2n) is 21.5. The molecule has 0 aliphatic heterocycles. The number of hydrogen-bond acceptors (Lipinski definition) is 20. The molecule has 5 aromatic heterocycles. The van der Waals surface area contributed by atoms with Gasteiger partial charge in [0.05, 0.1) is 80.9 Å². The highest BCUT2D eigenvalue weighted by molar-refractivity contribution is 5.89. The number of carbonyl (C=O) groups excluding carboxylic acids is 3. The molecule has 4 unspecified atom stereocenters. The third-order valence-corrected chi connectivity index (χ3v) is 15.2. The number of hydrogen-bond donors (Lipinski definition) is 4. The van der Waals surface area contributed by atoms with Crippen molar-refractivity contribution in [3.8, 4) is 0 Å². The van der Waals surface area contributed by atoms with Crippen LogP contribution in [0.2, 0.25) is 0 Å². The van der Waals surface area contributed by atoms with E-state index in [4.69, 9.17) is 45.0 Å². The molecule has 10 rings (SSSR count). The number of amides is 1. The van der Waals surface area contributed by atoms with Gasteiger partial charge in [-0.2, -0.15) is 0 Å². The highest BCUT2D eigenvalue weighted by Gasteiger charge is 2.36. The van der Waals surface area contributed by atoms with Crippen molar-refractivity contribution >= 4 is 47.8 Å². The summed E-state index contributed by atoms with van der Waals surface area (Å²) in [6.45, 7) is 5.31. The van der Waals surface area contributed by atoms with Crippen LogP contribution in [-0.2, 0) is 37.9 Å². The highest BCUT2D eigenvalue weighted by Crippen LogP contribution is 2.36. The molecule has 27 heteroatoms. The number of rotatable bonds is 13. The van der Waals surface area contributed by atoms with Crippen LogP contribution in [0.5, 0.6) is 0 Å². The van der Waals surface area contributed by atoms with Crippen molar-refractivity contribution < 1.29 is 66.6 Å². The molecule has 0 saturated heterocycles. The second-order valence-corrected chi connectivity index (χ2v) is 21.5. The first-order valence-electron chi connectivity index (χ1n) is 28.0. The number of nitrogens with two attached hydrogens (primary N) is 2. The molecule has 87 heavy (non-hydrogen) atoms. The number of carbonyl (C=O) groups is 4. The van der Waals surface area contributed by atoms with Crippen LogP contribution in [-0.4, -0.2) is 139 Å². The number of nitrogen functional groups attached to an aromatic ring is 1. The first kappa shape index (κ1) is 71.8. The predicted molar refractivity (Wildman–Crippen MR) is 323 cm³/mol. The average Bonchev–Trinajstić information content (AvgIpc) is 3.02. The van der Waals surface area contributed by atoms with Gasteiger partial charge in [0, 0.05) is 66.4 Å². The summed E-state index contributed by atoms with van der Waals surface area (Å²) < 4.78 is 50.8. The van der Waals surface area contributed by atoms with Crippen molar-refractivity contribution in [2.24, 2.45) is 5.73 Å². The molecule has 5 heterocycles. The van der Waals surface area contributed by atoms with E-state index < -0.39 is 40.8 Å². The van der Waals surface area contributed by atoms with Gasteiger partial charge in [0.25, 0.3) is 22.2 Å². The van der Waals surface area contributed by atoms with Gasteiger partial charge in [-0.05, 0) is 146 Å². The SMILES string of the molecule is COC(=O)c1cccn(C2CC[C@@H]2OC)c1=O.COC(=O)c1cccoc1=O.CO[C@H]1CCC1n1cccc(C(=O)O)c1=O.CO[C@H]1CCC1n1cccc(N)c1=O.CO[C@H]1CCC1n1cccc(NC(=O)OC(C)(C)C)c1=O.CO[C@H]1CC[C@@H]1N.Cl. The van der Waals surface area contributed by atoms with E-state index in [0.29, 0.717) is 17.8 Å². The third kappa shape index (κ3) is 18.9. The fourth-order valence-corrected chi connectivity index (χ4v) is 9.64. The minimum absolute atomic E-state index is 0. The van der Waals surface area contributed by atoms with E-state index in [1.54, 1.807) is 131 Å². The lowest BCUT2D eigenvalue weighted by Gasteiger charge is -2.36. The smallest absolute Gasteiger partial charge is 0.412 e. The lowest BCUT2D eigenvalue weighted by Crippen LogP contribution is -2.45. The number of esters is 2. The number of carboxylic acids is 1. The van der Waals surface area contributed by atoms with Gasteiger partial charge < -0.3 is 77.2 Å². The van der Waals surface area contributed by atoms with E-state index in [2.05, 4.69) is 19.2 Å². The second kappa shape index (κ2) is 34.0. The number of halogens is 1. The van der Waals surface area contributed by atoms with Crippen molar-refractivity contribution in [3.63, 3.8) is 0 Å². The predicted octanol–water partition coefficient (Wildman–Crippen LogP) is 6.18. The molecule has 5 fully saturated rings. The molecule has 0 bridgehead atoms. The molecule has 6 N–H and O–H groups in total. The van der Waals surface area contributed by atoms with Crippen LogP contribution in [0.25, 0.3) is 0 Å². The zero-order valence-electron chi connectivity index (χ0n) is 50.7. The topological polar surface area (TPSA) is 345 Å². The number of carboxylic acid groups (broad SMARTS) is 1. The normalized spacial score (nSPS) is 22.6. The molecule has 478 valence electrons. The van der Waals surface area contributed by atoms with Crippen molar-refractivity contribution in [2.75, 3.05) is 60.8 Å². The van der Waals surface area contributed by atoms with Crippen molar-refractivity contribution in [3.05, 3.63) is 160 Å². The van der Waals surface area contributed by atoms with Gasteiger partial charge in [0.15, 0.2) is 0 Å². The quantitative estimate of drug-likeness (QED) is 0.0755. The number of ether oxygens (including phenoxy) is 8. The molecule has 0 spiro atoms. The molecular formula is C60H82ClN7O19. The Balaban J connectivity index is 0.000000228. The van der Waals surface area contributed by atoms with Crippen molar-refractivity contribution in [1.29, 1.82) is 0 Å². The summed E-state index contributed by atoms with van der Waals surface area (Å²) in [5.74, 6) is -2.47. The molecule has 5 saturated carbocycles. The molecule has 5 aliphatic rings. The summed E-state index contributed by atoms with van der Waals surface area (Å²) in [6, 6.07) is 16.1. The van der Waals surface area contributed by atoms with Crippen LogP contribution in [0.4, 0.5) is 16.2 Å². The number of aromatic nitrogens is 4.